The Hall–Kier alpha value is -3.93. The van der Waals surface area contributed by atoms with Gasteiger partial charge in [-0.2, -0.15) is 5.26 Å². The van der Waals surface area contributed by atoms with Crippen LogP contribution in [0.1, 0.15) is 49.2 Å². The van der Waals surface area contributed by atoms with Gasteiger partial charge in [0.05, 0.1) is 17.2 Å². The molecule has 0 saturated carbocycles. The van der Waals surface area contributed by atoms with E-state index in [1.54, 1.807) is 35.9 Å². The number of nitriles is 1. The number of pyridine rings is 2. The predicted molar refractivity (Wildman–Crippen MR) is 158 cm³/mol. The van der Waals surface area contributed by atoms with Gasteiger partial charge in [0.15, 0.2) is 0 Å². The minimum Gasteiger partial charge on any atom is -0.487 e. The highest BCUT2D eigenvalue weighted by Crippen LogP contribution is 2.45. The average molecular weight is 572 g/mol. The molecule has 2 atom stereocenters. The molecule has 0 radical (unpaired) electrons. The summed E-state index contributed by atoms with van der Waals surface area (Å²) in [7, 11) is 1.71. The molecule has 1 unspecified atom stereocenters. The number of benzene rings is 2. The summed E-state index contributed by atoms with van der Waals surface area (Å²) in [6.07, 6.45) is 0.507. The number of rotatable bonds is 4. The Labute approximate surface area is 243 Å². The van der Waals surface area contributed by atoms with Crippen LogP contribution in [0, 0.1) is 17.1 Å². The van der Waals surface area contributed by atoms with Crippen LogP contribution in [0.3, 0.4) is 0 Å². The highest BCUT2D eigenvalue weighted by molar-refractivity contribution is 6.30. The number of piperazine rings is 1. The number of aryl methyl sites for hydroxylation is 1. The summed E-state index contributed by atoms with van der Waals surface area (Å²) in [4.78, 5) is 22.1. The molecule has 2 aliphatic rings. The van der Waals surface area contributed by atoms with Crippen LogP contribution in [0.5, 0.6) is 5.75 Å². The van der Waals surface area contributed by atoms with Crippen molar-refractivity contribution in [2.24, 2.45) is 7.05 Å². The molecule has 0 N–H and O–H groups in total. The maximum Gasteiger partial charge on any atom is 0.252 e. The molecule has 1 saturated heterocycles. The zero-order chi connectivity index (χ0) is 29.1. The zero-order valence-corrected chi connectivity index (χ0v) is 24.2. The molecular formula is C32H31ClFN5O2. The Morgan fingerprint density at radius 2 is 1.90 bits per heavy atom. The van der Waals surface area contributed by atoms with Gasteiger partial charge in [-0.1, -0.05) is 29.8 Å². The first-order valence-electron chi connectivity index (χ1n) is 13.7. The van der Waals surface area contributed by atoms with Gasteiger partial charge in [0, 0.05) is 61.4 Å². The van der Waals surface area contributed by atoms with Crippen LogP contribution < -0.4 is 15.2 Å². The average Bonchev–Trinajstić information content (AvgIpc) is 3.29. The normalized spacial score (nSPS) is 19.0. The molecule has 2 aromatic heterocycles. The Balaban J connectivity index is 1.40. The van der Waals surface area contributed by atoms with Crippen molar-refractivity contribution in [2.45, 2.75) is 44.9 Å². The SMILES string of the molecule is C[C@H]1CN(C(c2ccc(Cl)cc2)c2ccc(F)c3c2OC(C)(C)C3)CCN1c1cc(=O)n(C)c2ccc(C#N)nc12. The second-order valence-corrected chi connectivity index (χ2v) is 12.0. The highest BCUT2D eigenvalue weighted by atomic mass is 35.5. The fraction of sp³-hybridized carbons (Fsp3) is 0.344. The fourth-order valence-corrected chi connectivity index (χ4v) is 6.39. The van der Waals surface area contributed by atoms with Gasteiger partial charge in [-0.15, -0.1) is 0 Å². The smallest absolute Gasteiger partial charge is 0.252 e. The lowest BCUT2D eigenvalue weighted by Crippen LogP contribution is -2.53. The van der Waals surface area contributed by atoms with Crippen LogP contribution in [-0.4, -0.2) is 45.7 Å². The van der Waals surface area contributed by atoms with Gasteiger partial charge in [0.1, 0.15) is 34.4 Å². The fourth-order valence-electron chi connectivity index (χ4n) is 6.26. The molecule has 1 fully saturated rings. The Bertz CT molecular complexity index is 1760. The van der Waals surface area contributed by atoms with Gasteiger partial charge < -0.3 is 14.2 Å². The van der Waals surface area contributed by atoms with Crippen molar-refractivity contribution in [1.29, 1.82) is 5.26 Å². The molecule has 7 nitrogen and oxygen atoms in total. The molecule has 4 heterocycles. The van der Waals surface area contributed by atoms with Gasteiger partial charge in [-0.25, -0.2) is 9.37 Å². The van der Waals surface area contributed by atoms with E-state index in [1.807, 2.05) is 44.2 Å². The van der Waals surface area contributed by atoms with Crippen molar-refractivity contribution >= 4 is 28.3 Å². The van der Waals surface area contributed by atoms with Gasteiger partial charge in [0.2, 0.25) is 0 Å². The van der Waals surface area contributed by atoms with Crippen molar-refractivity contribution in [2.75, 3.05) is 24.5 Å². The number of halogens is 2. The summed E-state index contributed by atoms with van der Waals surface area (Å²) in [5, 5.41) is 10.1. The number of fused-ring (bicyclic) bond motifs is 2. The topological polar surface area (TPSA) is 74.4 Å². The number of ether oxygens (including phenoxy) is 1. The molecule has 0 bridgehead atoms. The van der Waals surface area contributed by atoms with E-state index < -0.39 is 5.60 Å². The first kappa shape index (κ1) is 27.3. The third kappa shape index (κ3) is 4.83. The van der Waals surface area contributed by atoms with Gasteiger partial charge >= 0.3 is 0 Å². The number of aromatic nitrogens is 2. The molecule has 210 valence electrons. The van der Waals surface area contributed by atoms with Crippen molar-refractivity contribution in [3.8, 4) is 11.8 Å². The maximum atomic E-state index is 14.9. The van der Waals surface area contributed by atoms with Crippen LogP contribution in [-0.2, 0) is 13.5 Å². The van der Waals surface area contributed by atoms with Crippen LogP contribution in [0.4, 0.5) is 10.1 Å². The van der Waals surface area contributed by atoms with E-state index >= 15 is 0 Å². The largest absolute Gasteiger partial charge is 0.487 e. The number of hydrogen-bond acceptors (Lipinski definition) is 6. The van der Waals surface area contributed by atoms with E-state index in [1.165, 1.54) is 0 Å². The lowest BCUT2D eigenvalue weighted by molar-refractivity contribution is 0.131. The van der Waals surface area contributed by atoms with E-state index in [9.17, 15) is 14.4 Å². The molecule has 41 heavy (non-hydrogen) atoms. The first-order valence-corrected chi connectivity index (χ1v) is 14.1. The summed E-state index contributed by atoms with van der Waals surface area (Å²) in [5.74, 6) is 0.375. The second-order valence-electron chi connectivity index (χ2n) is 11.6. The summed E-state index contributed by atoms with van der Waals surface area (Å²) in [6, 6.07) is 18.1. The standard InChI is InChI=1S/C32H31ClFN5O2/c1-19-18-38(13-14-39(19)27-15-28(40)37(4)26-12-9-22(17-35)36-29(26)27)30(20-5-7-21(33)8-6-20)23-10-11-25(34)24-16-32(2,3)41-31(23)24/h5-12,15,19,30H,13-14,16,18H2,1-4H3/t19-,30?/m0/s1. The van der Waals surface area contributed by atoms with Crippen LogP contribution in [0.25, 0.3) is 11.0 Å². The van der Waals surface area contributed by atoms with Gasteiger partial charge in [-0.3, -0.25) is 9.69 Å². The van der Waals surface area contributed by atoms with Crippen molar-refractivity contribution < 1.29 is 9.13 Å². The Morgan fingerprint density at radius 3 is 2.61 bits per heavy atom. The van der Waals surface area contributed by atoms with Gasteiger partial charge in [-0.05, 0) is 56.7 Å². The zero-order valence-electron chi connectivity index (χ0n) is 23.5. The molecule has 4 aromatic rings. The molecule has 6 rings (SSSR count). The molecule has 0 spiro atoms. The third-order valence-corrected chi connectivity index (χ3v) is 8.46. The minimum atomic E-state index is -0.494. The summed E-state index contributed by atoms with van der Waals surface area (Å²) >= 11 is 6.26. The third-order valence-electron chi connectivity index (χ3n) is 8.21. The molecule has 0 aliphatic carbocycles. The highest BCUT2D eigenvalue weighted by Gasteiger charge is 2.39. The maximum absolute atomic E-state index is 14.9. The van der Waals surface area contributed by atoms with E-state index in [4.69, 9.17) is 16.3 Å². The van der Waals surface area contributed by atoms with E-state index in [2.05, 4.69) is 27.8 Å². The Kier molecular flexibility index (Phi) is 6.75. The molecule has 0 amide bonds. The number of hydrogen-bond donors (Lipinski definition) is 0. The van der Waals surface area contributed by atoms with Crippen LogP contribution in [0.15, 0.2) is 59.4 Å². The van der Waals surface area contributed by atoms with E-state index in [0.29, 0.717) is 59.1 Å². The van der Waals surface area contributed by atoms with Crippen molar-refractivity contribution in [3.05, 3.63) is 98.2 Å². The first-order chi connectivity index (χ1) is 19.6. The predicted octanol–water partition coefficient (Wildman–Crippen LogP) is 5.61. The molecule has 9 heteroatoms. The molecule has 2 aliphatic heterocycles. The number of anilines is 1. The van der Waals surface area contributed by atoms with Crippen LogP contribution in [0.2, 0.25) is 5.02 Å². The van der Waals surface area contributed by atoms with E-state index in [0.717, 1.165) is 16.8 Å². The number of nitrogens with zero attached hydrogens (tertiary/aromatic N) is 5. The lowest BCUT2D eigenvalue weighted by Gasteiger charge is -2.45. The summed E-state index contributed by atoms with van der Waals surface area (Å²) in [6.45, 7) is 8.04. The lowest BCUT2D eigenvalue weighted by atomic mass is 9.92. The quantitative estimate of drug-likeness (QED) is 0.317. The summed E-state index contributed by atoms with van der Waals surface area (Å²) in [5.41, 5.74) is 4.30. The second kappa shape index (κ2) is 10.2. The van der Waals surface area contributed by atoms with Crippen LogP contribution >= 0.6 is 11.6 Å². The molecule has 2 aromatic carbocycles. The summed E-state index contributed by atoms with van der Waals surface area (Å²) < 4.78 is 22.9. The van der Waals surface area contributed by atoms with Crippen molar-refractivity contribution in [1.82, 2.24) is 14.5 Å². The monoisotopic (exact) mass is 571 g/mol. The Morgan fingerprint density at radius 1 is 1.15 bits per heavy atom. The molecular weight excluding hydrogens is 541 g/mol. The van der Waals surface area contributed by atoms with E-state index in [-0.39, 0.29) is 23.5 Å². The van der Waals surface area contributed by atoms with Gasteiger partial charge in [0.25, 0.3) is 5.56 Å². The minimum absolute atomic E-state index is 0.00672. The van der Waals surface area contributed by atoms with Crippen molar-refractivity contribution in [3.63, 3.8) is 0 Å².